The summed E-state index contributed by atoms with van der Waals surface area (Å²) in [4.78, 5) is 4.84. The topological polar surface area (TPSA) is 32.6 Å². The maximum atomic E-state index is 10.4. The van der Waals surface area contributed by atoms with E-state index in [9.17, 15) is 5.11 Å². The molecule has 0 aliphatic carbocycles. The van der Waals surface area contributed by atoms with Crippen LogP contribution in [0, 0.1) is 7.43 Å². The second kappa shape index (κ2) is 9.71. The standard InChI is InChI=1S/C23H25NO.CH3.Ni/c1-15(2)18-10-7-11-19(16(3)4)23(18)24-14-21-20-9-6-5-8-17(20)12-13-22(21)25;;/h5-16,25H,1-4H3;1H3;/q;-1;. The molecular weight excluding hydrogens is 377 g/mol. The van der Waals surface area contributed by atoms with Gasteiger partial charge in [-0.15, -0.1) is 0 Å². The Kier molecular flexibility index (Phi) is 8.25. The van der Waals surface area contributed by atoms with Crippen LogP contribution in [0.15, 0.2) is 59.6 Å². The Morgan fingerprint density at radius 3 is 2.00 bits per heavy atom. The van der Waals surface area contributed by atoms with Crippen molar-refractivity contribution < 1.29 is 21.6 Å². The fourth-order valence-corrected chi connectivity index (χ4v) is 3.21. The van der Waals surface area contributed by atoms with Gasteiger partial charge in [-0.25, -0.2) is 0 Å². The Labute approximate surface area is 173 Å². The fraction of sp³-hybridized carbons (Fsp3) is 0.250. The van der Waals surface area contributed by atoms with Gasteiger partial charge in [-0.2, -0.15) is 0 Å². The number of aromatic hydroxyl groups is 1. The third kappa shape index (κ3) is 4.79. The number of para-hydroxylation sites is 1. The van der Waals surface area contributed by atoms with E-state index < -0.39 is 0 Å². The van der Waals surface area contributed by atoms with Gasteiger partial charge in [-0.1, -0.05) is 76.2 Å². The van der Waals surface area contributed by atoms with E-state index in [2.05, 4.69) is 45.9 Å². The first-order valence-corrected chi connectivity index (χ1v) is 8.86. The maximum Gasteiger partial charge on any atom is 0.124 e. The van der Waals surface area contributed by atoms with Crippen LogP contribution in [-0.2, 0) is 16.5 Å². The zero-order valence-corrected chi connectivity index (χ0v) is 17.6. The Morgan fingerprint density at radius 2 is 1.41 bits per heavy atom. The largest absolute Gasteiger partial charge is 0.507 e. The van der Waals surface area contributed by atoms with Crippen LogP contribution in [0.25, 0.3) is 10.8 Å². The number of hydrogen-bond acceptors (Lipinski definition) is 2. The molecule has 3 aromatic carbocycles. The van der Waals surface area contributed by atoms with E-state index in [-0.39, 0.29) is 29.7 Å². The summed E-state index contributed by atoms with van der Waals surface area (Å²) in [6.45, 7) is 8.75. The zero-order chi connectivity index (χ0) is 18.0. The molecule has 0 atom stereocenters. The van der Waals surface area contributed by atoms with Gasteiger partial charge < -0.3 is 12.5 Å². The number of rotatable bonds is 4. The molecule has 3 heteroatoms. The number of phenolic OH excluding ortho intramolecular Hbond substituents is 1. The summed E-state index contributed by atoms with van der Waals surface area (Å²) >= 11 is 0. The first kappa shape index (κ1) is 22.9. The van der Waals surface area contributed by atoms with Gasteiger partial charge in [-0.05, 0) is 39.8 Å². The summed E-state index contributed by atoms with van der Waals surface area (Å²) in [6.07, 6.45) is 1.81. The molecule has 0 radical (unpaired) electrons. The van der Waals surface area contributed by atoms with Crippen molar-refractivity contribution >= 4 is 22.7 Å². The molecule has 146 valence electrons. The minimum Gasteiger partial charge on any atom is -0.507 e. The predicted octanol–water partition coefficient (Wildman–Crippen LogP) is 6.99. The van der Waals surface area contributed by atoms with E-state index >= 15 is 0 Å². The molecule has 0 saturated carbocycles. The Morgan fingerprint density at radius 1 is 0.815 bits per heavy atom. The average Bonchev–Trinajstić information content (AvgIpc) is 2.60. The molecule has 0 bridgehead atoms. The van der Waals surface area contributed by atoms with Crippen LogP contribution in [0.5, 0.6) is 5.75 Å². The van der Waals surface area contributed by atoms with Crippen molar-refractivity contribution in [3.8, 4) is 5.75 Å². The van der Waals surface area contributed by atoms with E-state index in [1.54, 1.807) is 6.07 Å². The predicted molar refractivity (Wildman–Crippen MR) is 114 cm³/mol. The van der Waals surface area contributed by atoms with Crippen LogP contribution in [0.4, 0.5) is 5.69 Å². The van der Waals surface area contributed by atoms with Crippen LogP contribution < -0.4 is 0 Å². The molecule has 0 saturated heterocycles. The average molecular weight is 405 g/mol. The molecule has 2 nitrogen and oxygen atoms in total. The summed E-state index contributed by atoms with van der Waals surface area (Å²) < 4.78 is 0. The molecule has 1 N–H and O–H groups in total. The van der Waals surface area contributed by atoms with E-state index in [4.69, 9.17) is 4.99 Å². The van der Waals surface area contributed by atoms with Gasteiger partial charge >= 0.3 is 0 Å². The van der Waals surface area contributed by atoms with Gasteiger partial charge in [0.15, 0.2) is 0 Å². The van der Waals surface area contributed by atoms with Crippen molar-refractivity contribution in [3.05, 3.63) is 78.7 Å². The first-order chi connectivity index (χ1) is 12.0. The van der Waals surface area contributed by atoms with E-state index in [0.29, 0.717) is 11.8 Å². The number of benzene rings is 3. The SMILES string of the molecule is CC(C)c1cccc(C(C)C)c1N=Cc1c(O)ccc2ccccc12.[CH3-].[Ni]. The minimum atomic E-state index is 0. The van der Waals surface area contributed by atoms with E-state index in [1.165, 1.54) is 11.1 Å². The quantitative estimate of drug-likeness (QED) is 0.283. The minimum absolute atomic E-state index is 0. The Bertz CT molecular complexity index is 903. The number of fused-ring (bicyclic) bond motifs is 1. The van der Waals surface area contributed by atoms with Gasteiger partial charge in [0.25, 0.3) is 0 Å². The van der Waals surface area contributed by atoms with Gasteiger partial charge in [-0.3, -0.25) is 4.99 Å². The smallest absolute Gasteiger partial charge is 0.124 e. The molecule has 3 aromatic rings. The van der Waals surface area contributed by atoms with Crippen LogP contribution in [0.3, 0.4) is 0 Å². The third-order valence-corrected chi connectivity index (χ3v) is 4.61. The van der Waals surface area contributed by atoms with Gasteiger partial charge in [0.1, 0.15) is 5.75 Å². The van der Waals surface area contributed by atoms with Crippen molar-refractivity contribution in [2.45, 2.75) is 39.5 Å². The molecule has 0 spiro atoms. The molecule has 3 rings (SSSR count). The van der Waals surface area contributed by atoms with Crippen molar-refractivity contribution in [2.24, 2.45) is 4.99 Å². The number of hydrogen-bond donors (Lipinski definition) is 1. The van der Waals surface area contributed by atoms with Gasteiger partial charge in [0.05, 0.1) is 5.69 Å². The third-order valence-electron chi connectivity index (χ3n) is 4.61. The molecule has 27 heavy (non-hydrogen) atoms. The van der Waals surface area contributed by atoms with Gasteiger partial charge in [0, 0.05) is 28.3 Å². The summed E-state index contributed by atoms with van der Waals surface area (Å²) in [5.74, 6) is 1.05. The van der Waals surface area contributed by atoms with Crippen LogP contribution >= 0.6 is 0 Å². The summed E-state index contributed by atoms with van der Waals surface area (Å²) in [5.41, 5.74) is 4.27. The van der Waals surface area contributed by atoms with E-state index in [0.717, 1.165) is 22.0 Å². The fourth-order valence-electron chi connectivity index (χ4n) is 3.21. The monoisotopic (exact) mass is 404 g/mol. The van der Waals surface area contributed by atoms with Crippen LogP contribution in [0.1, 0.15) is 56.2 Å². The summed E-state index contributed by atoms with van der Waals surface area (Å²) in [7, 11) is 0. The van der Waals surface area contributed by atoms with Crippen molar-refractivity contribution in [2.75, 3.05) is 0 Å². The molecule has 0 aliphatic heterocycles. The Balaban J connectivity index is 0.00000182. The number of nitrogens with zero attached hydrogens (tertiary/aromatic N) is 1. The molecule has 0 aliphatic rings. The first-order valence-electron chi connectivity index (χ1n) is 8.86. The second-order valence-corrected chi connectivity index (χ2v) is 7.07. The summed E-state index contributed by atoms with van der Waals surface area (Å²) in [6, 6.07) is 18.1. The van der Waals surface area contributed by atoms with Crippen LogP contribution in [0.2, 0.25) is 0 Å². The zero-order valence-electron chi connectivity index (χ0n) is 16.6. The van der Waals surface area contributed by atoms with Crippen LogP contribution in [-0.4, -0.2) is 11.3 Å². The van der Waals surface area contributed by atoms with E-state index in [1.807, 2.05) is 36.5 Å². The molecular formula is C24H28NNiO-. The molecule has 0 unspecified atom stereocenters. The molecule has 0 fully saturated rings. The molecule has 0 heterocycles. The Hall–Kier alpha value is -2.12. The molecule has 0 aromatic heterocycles. The van der Waals surface area contributed by atoms with Crippen molar-refractivity contribution in [3.63, 3.8) is 0 Å². The maximum absolute atomic E-state index is 10.4. The molecule has 0 amide bonds. The summed E-state index contributed by atoms with van der Waals surface area (Å²) in [5, 5.41) is 12.5. The van der Waals surface area contributed by atoms with Crippen molar-refractivity contribution in [1.82, 2.24) is 0 Å². The van der Waals surface area contributed by atoms with Gasteiger partial charge in [0.2, 0.25) is 0 Å². The van der Waals surface area contributed by atoms with Crippen molar-refractivity contribution in [1.29, 1.82) is 0 Å². The number of aliphatic imine (C=N–C) groups is 1. The second-order valence-electron chi connectivity index (χ2n) is 7.07. The number of phenols is 1. The normalized spacial score (nSPS) is 11.0.